The van der Waals surface area contributed by atoms with Gasteiger partial charge in [-0.1, -0.05) is 54.1 Å². The first-order valence-electron chi connectivity index (χ1n) is 10.1. The quantitative estimate of drug-likeness (QED) is 0.403. The third-order valence-corrected chi connectivity index (χ3v) is 6.91. The van der Waals surface area contributed by atoms with Gasteiger partial charge in [-0.2, -0.15) is 13.2 Å². The second-order valence-corrected chi connectivity index (χ2v) is 9.57. The fourth-order valence-corrected chi connectivity index (χ4v) is 4.86. The number of sulfonamides is 1. The Morgan fingerprint density at radius 1 is 1.06 bits per heavy atom. The zero-order valence-electron chi connectivity index (χ0n) is 17.7. The minimum absolute atomic E-state index is 0.105. The van der Waals surface area contributed by atoms with E-state index in [9.17, 15) is 26.4 Å². The van der Waals surface area contributed by atoms with E-state index in [-0.39, 0.29) is 48.1 Å². The average Bonchev–Trinajstić information content (AvgIpc) is 2.81. The van der Waals surface area contributed by atoms with Gasteiger partial charge in [0.2, 0.25) is 0 Å². The topological polar surface area (TPSA) is 87.6 Å². The molecule has 0 spiro atoms. The molecule has 3 aromatic rings. The minimum Gasteiger partial charge on any atom is -0.396 e. The Hall–Kier alpha value is -2.95. The Morgan fingerprint density at radius 2 is 1.71 bits per heavy atom. The van der Waals surface area contributed by atoms with Gasteiger partial charge in [0, 0.05) is 24.8 Å². The van der Waals surface area contributed by atoms with Crippen molar-refractivity contribution in [3.8, 4) is 0 Å². The predicted octanol–water partition coefficient (Wildman–Crippen LogP) is 5.10. The van der Waals surface area contributed by atoms with Crippen LogP contribution >= 0.6 is 11.6 Å². The summed E-state index contributed by atoms with van der Waals surface area (Å²) < 4.78 is 67.0. The molecule has 0 radical (unpaired) electrons. The summed E-state index contributed by atoms with van der Waals surface area (Å²) in [4.78, 5) is 15.7. The van der Waals surface area contributed by atoms with Gasteiger partial charge >= 0.3 is 6.18 Å². The molecule has 0 bridgehead atoms. The van der Waals surface area contributed by atoms with E-state index in [1.54, 1.807) is 30.3 Å². The maximum absolute atomic E-state index is 13.5. The SMILES string of the molecule is O=C(CCCO)c1ccc(S(=O)(=O)N(Cc2ccccc2)c2ncc(C(F)(F)F)cc2Cl)cc1. The second kappa shape index (κ2) is 10.5. The predicted molar refractivity (Wildman–Crippen MR) is 121 cm³/mol. The number of halogens is 4. The molecule has 6 nitrogen and oxygen atoms in total. The maximum Gasteiger partial charge on any atom is 0.417 e. The van der Waals surface area contributed by atoms with E-state index in [0.29, 0.717) is 17.8 Å². The smallest absolute Gasteiger partial charge is 0.396 e. The number of aliphatic hydroxyl groups excluding tert-OH is 1. The van der Waals surface area contributed by atoms with Crippen LogP contribution in [0, 0.1) is 0 Å². The minimum atomic E-state index is -4.70. The maximum atomic E-state index is 13.5. The number of hydrogen-bond donors (Lipinski definition) is 1. The summed E-state index contributed by atoms with van der Waals surface area (Å²) in [5, 5.41) is 8.39. The van der Waals surface area contributed by atoms with Crippen molar-refractivity contribution in [2.75, 3.05) is 10.9 Å². The van der Waals surface area contributed by atoms with E-state index in [2.05, 4.69) is 4.98 Å². The van der Waals surface area contributed by atoms with Gasteiger partial charge in [-0.15, -0.1) is 0 Å². The summed E-state index contributed by atoms with van der Waals surface area (Å²) >= 11 is 6.07. The van der Waals surface area contributed by atoms with Crippen molar-refractivity contribution < 1.29 is 31.5 Å². The molecule has 1 heterocycles. The lowest BCUT2D eigenvalue weighted by molar-refractivity contribution is -0.137. The standard InChI is InChI=1S/C23H20ClF3N2O4S/c24-20-13-18(23(25,26)27)14-28-22(20)29(15-16-5-2-1-3-6-16)34(32,33)19-10-8-17(9-11-19)21(31)7-4-12-30/h1-3,5-6,8-11,13-14,30H,4,7,12,15H2. The summed E-state index contributed by atoms with van der Waals surface area (Å²) in [5.74, 6) is -0.617. The fourth-order valence-electron chi connectivity index (χ4n) is 3.12. The van der Waals surface area contributed by atoms with E-state index in [4.69, 9.17) is 16.7 Å². The van der Waals surface area contributed by atoms with E-state index < -0.39 is 26.8 Å². The lowest BCUT2D eigenvalue weighted by Gasteiger charge is -2.25. The second-order valence-electron chi connectivity index (χ2n) is 7.30. The molecule has 0 saturated carbocycles. The van der Waals surface area contributed by atoms with Crippen LogP contribution < -0.4 is 4.31 Å². The Balaban J connectivity index is 2.03. The van der Waals surface area contributed by atoms with E-state index in [1.165, 1.54) is 24.3 Å². The van der Waals surface area contributed by atoms with Crippen molar-refractivity contribution in [1.82, 2.24) is 4.98 Å². The normalized spacial score (nSPS) is 11.9. The fraction of sp³-hybridized carbons (Fsp3) is 0.217. The molecule has 0 atom stereocenters. The number of alkyl halides is 3. The zero-order valence-corrected chi connectivity index (χ0v) is 19.2. The van der Waals surface area contributed by atoms with Crippen LogP contribution in [0.15, 0.2) is 71.8 Å². The van der Waals surface area contributed by atoms with Crippen LogP contribution in [0.4, 0.5) is 19.0 Å². The van der Waals surface area contributed by atoms with Gasteiger partial charge in [-0.05, 0) is 30.2 Å². The molecule has 180 valence electrons. The van der Waals surface area contributed by atoms with Gasteiger partial charge in [0.25, 0.3) is 10.0 Å². The Morgan fingerprint density at radius 3 is 2.26 bits per heavy atom. The number of Topliss-reactive ketones (excluding diaryl/α,β-unsaturated/α-hetero) is 1. The third-order valence-electron chi connectivity index (χ3n) is 4.88. The lowest BCUT2D eigenvalue weighted by Crippen LogP contribution is -2.31. The van der Waals surface area contributed by atoms with Gasteiger partial charge in [0.15, 0.2) is 11.6 Å². The number of carbonyl (C=O) groups is 1. The highest BCUT2D eigenvalue weighted by atomic mass is 35.5. The van der Waals surface area contributed by atoms with Crippen LogP contribution in [0.1, 0.15) is 34.3 Å². The molecule has 0 unspecified atom stereocenters. The largest absolute Gasteiger partial charge is 0.417 e. The molecular formula is C23H20ClF3N2O4S. The van der Waals surface area contributed by atoms with Crippen molar-refractivity contribution in [2.24, 2.45) is 0 Å². The summed E-state index contributed by atoms with van der Waals surface area (Å²) in [5.41, 5.74) is -0.281. The molecule has 0 amide bonds. The molecule has 0 aliphatic carbocycles. The summed E-state index contributed by atoms with van der Waals surface area (Å²) in [6, 6.07) is 14.2. The van der Waals surface area contributed by atoms with E-state index >= 15 is 0 Å². The first-order chi connectivity index (χ1) is 16.0. The molecule has 1 aromatic heterocycles. The van der Waals surface area contributed by atoms with Crippen molar-refractivity contribution in [1.29, 1.82) is 0 Å². The van der Waals surface area contributed by atoms with Crippen LogP contribution in [0.25, 0.3) is 0 Å². The number of ketones is 1. The van der Waals surface area contributed by atoms with Crippen LogP contribution in [-0.4, -0.2) is 30.9 Å². The monoisotopic (exact) mass is 512 g/mol. The molecule has 1 N–H and O–H groups in total. The molecular weight excluding hydrogens is 493 g/mol. The van der Waals surface area contributed by atoms with Crippen LogP contribution in [0.5, 0.6) is 0 Å². The summed E-state index contributed by atoms with van der Waals surface area (Å²) in [7, 11) is -4.33. The van der Waals surface area contributed by atoms with Gasteiger partial charge in [0.05, 0.1) is 22.0 Å². The van der Waals surface area contributed by atoms with Crippen molar-refractivity contribution in [3.63, 3.8) is 0 Å². The molecule has 2 aromatic carbocycles. The first-order valence-corrected chi connectivity index (χ1v) is 11.9. The Labute approximate surface area is 199 Å². The zero-order chi connectivity index (χ0) is 24.9. The van der Waals surface area contributed by atoms with Gasteiger partial charge in [0.1, 0.15) is 0 Å². The Kier molecular flexibility index (Phi) is 7.96. The number of hydrogen-bond acceptors (Lipinski definition) is 5. The van der Waals surface area contributed by atoms with E-state index in [1.807, 2.05) is 0 Å². The summed E-state index contributed by atoms with van der Waals surface area (Å²) in [6.45, 7) is -0.383. The van der Waals surface area contributed by atoms with Gasteiger partial charge in [-0.3, -0.25) is 4.79 Å². The molecule has 0 fully saturated rings. The number of pyridine rings is 1. The van der Waals surface area contributed by atoms with Crippen molar-refractivity contribution in [2.45, 2.75) is 30.5 Å². The highest BCUT2D eigenvalue weighted by molar-refractivity contribution is 7.92. The van der Waals surface area contributed by atoms with Crippen LogP contribution in [0.2, 0.25) is 5.02 Å². The van der Waals surface area contributed by atoms with Crippen molar-refractivity contribution in [3.05, 3.63) is 88.6 Å². The van der Waals surface area contributed by atoms with Crippen LogP contribution in [0.3, 0.4) is 0 Å². The number of benzene rings is 2. The van der Waals surface area contributed by atoms with Gasteiger partial charge < -0.3 is 5.11 Å². The molecule has 11 heteroatoms. The summed E-state index contributed by atoms with van der Waals surface area (Å²) in [6.07, 6.45) is -3.79. The van der Waals surface area contributed by atoms with E-state index in [0.717, 1.165) is 4.31 Å². The molecule has 3 rings (SSSR count). The molecule has 0 aliphatic rings. The van der Waals surface area contributed by atoms with Crippen molar-refractivity contribution >= 4 is 33.2 Å². The number of rotatable bonds is 9. The number of aliphatic hydroxyl groups is 1. The number of anilines is 1. The lowest BCUT2D eigenvalue weighted by atomic mass is 10.1. The molecule has 34 heavy (non-hydrogen) atoms. The van der Waals surface area contributed by atoms with Gasteiger partial charge in [-0.25, -0.2) is 17.7 Å². The molecule has 0 aliphatic heterocycles. The highest BCUT2D eigenvalue weighted by Crippen LogP contribution is 2.36. The third kappa shape index (κ3) is 5.94. The first kappa shape index (κ1) is 25.7. The Bertz CT molecular complexity index is 1250. The highest BCUT2D eigenvalue weighted by Gasteiger charge is 2.34. The number of nitrogens with zero attached hydrogens (tertiary/aromatic N) is 2. The van der Waals surface area contributed by atoms with Crippen LogP contribution in [-0.2, 0) is 22.7 Å². The number of carbonyl (C=O) groups excluding carboxylic acids is 1. The number of aromatic nitrogens is 1. The molecule has 0 saturated heterocycles. The average molecular weight is 513 g/mol.